The number of aromatic nitrogens is 2. The van der Waals surface area contributed by atoms with E-state index in [1.54, 1.807) is 0 Å². The molecule has 1 aliphatic rings. The molecule has 1 amide bonds. The predicted octanol–water partition coefficient (Wildman–Crippen LogP) is 1.28. The molecule has 0 unspecified atom stereocenters. The van der Waals surface area contributed by atoms with Crippen molar-refractivity contribution in [3.63, 3.8) is 0 Å². The van der Waals surface area contributed by atoms with Gasteiger partial charge in [0.1, 0.15) is 0 Å². The Bertz CT molecular complexity index is 420. The minimum absolute atomic E-state index is 0.366. The van der Waals surface area contributed by atoms with Gasteiger partial charge in [0.15, 0.2) is 5.69 Å². The predicted molar refractivity (Wildman–Crippen MR) is 48.7 cm³/mol. The quantitative estimate of drug-likeness (QED) is 0.733. The van der Waals surface area contributed by atoms with Crippen molar-refractivity contribution in [1.82, 2.24) is 14.7 Å². The van der Waals surface area contributed by atoms with Crippen LogP contribution < -0.4 is 0 Å². The third-order valence-electron chi connectivity index (χ3n) is 2.47. The van der Waals surface area contributed by atoms with Crippen molar-refractivity contribution < 1.29 is 18.0 Å². The van der Waals surface area contributed by atoms with E-state index in [0.29, 0.717) is 13.1 Å². The lowest BCUT2D eigenvalue weighted by Crippen LogP contribution is -2.42. The normalized spacial score (nSPS) is 16.1. The molecule has 0 radical (unpaired) electrons. The standard InChI is InChI=1S/C9H10F3N3O/c1-14-5-6(7(13-14)9(10,11)12)8(16)15-3-2-4-15/h5H,2-4H2,1H3. The van der Waals surface area contributed by atoms with Crippen molar-refractivity contribution in [3.8, 4) is 0 Å². The lowest BCUT2D eigenvalue weighted by atomic mass is 10.1. The Hall–Kier alpha value is -1.53. The first-order valence-electron chi connectivity index (χ1n) is 4.79. The fourth-order valence-electron chi connectivity index (χ4n) is 1.54. The molecule has 0 aromatic carbocycles. The van der Waals surface area contributed by atoms with Gasteiger partial charge in [-0.1, -0.05) is 0 Å². The van der Waals surface area contributed by atoms with Crippen LogP contribution in [0.5, 0.6) is 0 Å². The first-order chi connectivity index (χ1) is 7.39. The summed E-state index contributed by atoms with van der Waals surface area (Å²) in [6.45, 7) is 1.04. The van der Waals surface area contributed by atoms with E-state index in [2.05, 4.69) is 5.10 Å². The van der Waals surface area contributed by atoms with Gasteiger partial charge in [-0.2, -0.15) is 18.3 Å². The number of alkyl halides is 3. The Kier molecular flexibility index (Phi) is 2.40. The van der Waals surface area contributed by atoms with Gasteiger partial charge in [-0.25, -0.2) is 0 Å². The van der Waals surface area contributed by atoms with Crippen LogP contribution in [0.3, 0.4) is 0 Å². The number of likely N-dealkylation sites (tertiary alicyclic amines) is 1. The molecule has 0 bridgehead atoms. The van der Waals surface area contributed by atoms with Crippen molar-refractivity contribution in [3.05, 3.63) is 17.5 Å². The molecule has 1 fully saturated rings. The lowest BCUT2D eigenvalue weighted by molar-refractivity contribution is -0.141. The number of carbonyl (C=O) groups is 1. The third-order valence-corrected chi connectivity index (χ3v) is 2.47. The molecule has 1 saturated heterocycles. The van der Waals surface area contributed by atoms with Crippen LogP contribution in [-0.2, 0) is 13.2 Å². The van der Waals surface area contributed by atoms with Crippen LogP contribution in [0.1, 0.15) is 22.5 Å². The fraction of sp³-hybridized carbons (Fsp3) is 0.556. The average Bonchev–Trinajstić information content (AvgIpc) is 2.43. The summed E-state index contributed by atoms with van der Waals surface area (Å²) in [5, 5.41) is 3.29. The molecule has 88 valence electrons. The Morgan fingerprint density at radius 2 is 2.06 bits per heavy atom. The molecule has 7 heteroatoms. The molecule has 4 nitrogen and oxygen atoms in total. The number of nitrogens with zero attached hydrogens (tertiary/aromatic N) is 3. The highest BCUT2D eigenvalue weighted by atomic mass is 19.4. The number of amides is 1. The second-order valence-corrected chi connectivity index (χ2v) is 3.71. The molecule has 1 aromatic heterocycles. The molecule has 0 aliphatic carbocycles. The summed E-state index contributed by atoms with van der Waals surface area (Å²) in [4.78, 5) is 13.1. The Balaban J connectivity index is 2.35. The highest BCUT2D eigenvalue weighted by Gasteiger charge is 2.40. The second kappa shape index (κ2) is 3.50. The van der Waals surface area contributed by atoms with Gasteiger partial charge >= 0.3 is 6.18 Å². The summed E-state index contributed by atoms with van der Waals surface area (Å²) in [7, 11) is 1.36. The SMILES string of the molecule is Cn1cc(C(=O)N2CCC2)c(C(F)(F)F)n1. The van der Waals surface area contributed by atoms with Crippen molar-refractivity contribution in [2.75, 3.05) is 13.1 Å². The van der Waals surface area contributed by atoms with Crippen LogP contribution in [0.4, 0.5) is 13.2 Å². The van der Waals surface area contributed by atoms with Crippen LogP contribution in [0.15, 0.2) is 6.20 Å². The maximum absolute atomic E-state index is 12.6. The molecule has 2 heterocycles. The molecule has 2 rings (SSSR count). The molecule has 1 aromatic rings. The van der Waals surface area contributed by atoms with E-state index in [1.807, 2.05) is 0 Å². The van der Waals surface area contributed by atoms with Gasteiger partial charge in [-0.15, -0.1) is 0 Å². The zero-order valence-electron chi connectivity index (χ0n) is 8.58. The molecule has 0 spiro atoms. The minimum atomic E-state index is -4.59. The minimum Gasteiger partial charge on any atom is -0.338 e. The molecular formula is C9H10F3N3O. The highest BCUT2D eigenvalue weighted by Crippen LogP contribution is 2.31. The number of hydrogen-bond donors (Lipinski definition) is 0. The van der Waals surface area contributed by atoms with E-state index < -0.39 is 17.8 Å². The molecule has 1 aliphatic heterocycles. The largest absolute Gasteiger partial charge is 0.435 e. The summed E-state index contributed by atoms with van der Waals surface area (Å²) >= 11 is 0. The van der Waals surface area contributed by atoms with E-state index >= 15 is 0 Å². The lowest BCUT2D eigenvalue weighted by Gasteiger charge is -2.30. The van der Waals surface area contributed by atoms with E-state index in [4.69, 9.17) is 0 Å². The Morgan fingerprint density at radius 1 is 1.44 bits per heavy atom. The number of hydrogen-bond acceptors (Lipinski definition) is 2. The summed E-state index contributed by atoms with van der Waals surface area (Å²) < 4.78 is 38.7. The monoisotopic (exact) mass is 233 g/mol. The maximum atomic E-state index is 12.6. The molecule has 16 heavy (non-hydrogen) atoms. The van der Waals surface area contributed by atoms with Crippen molar-refractivity contribution in [2.45, 2.75) is 12.6 Å². The summed E-state index contributed by atoms with van der Waals surface area (Å²) in [6.07, 6.45) is -2.63. The maximum Gasteiger partial charge on any atom is 0.435 e. The number of rotatable bonds is 1. The summed E-state index contributed by atoms with van der Waals surface area (Å²) in [5.41, 5.74) is -1.47. The van der Waals surface area contributed by atoms with Crippen LogP contribution in [0.2, 0.25) is 0 Å². The number of aryl methyl sites for hydroxylation is 1. The van der Waals surface area contributed by atoms with Crippen LogP contribution in [0.25, 0.3) is 0 Å². The number of halogens is 3. The van der Waals surface area contributed by atoms with Crippen LogP contribution in [-0.4, -0.2) is 33.7 Å². The second-order valence-electron chi connectivity index (χ2n) is 3.71. The van der Waals surface area contributed by atoms with Crippen LogP contribution in [0, 0.1) is 0 Å². The van der Waals surface area contributed by atoms with E-state index in [9.17, 15) is 18.0 Å². The van der Waals surface area contributed by atoms with Gasteiger partial charge in [0.2, 0.25) is 0 Å². The third kappa shape index (κ3) is 1.77. The number of carbonyl (C=O) groups excluding carboxylic acids is 1. The van der Waals surface area contributed by atoms with Gasteiger partial charge in [-0.05, 0) is 6.42 Å². The van der Waals surface area contributed by atoms with Gasteiger partial charge in [0.05, 0.1) is 5.56 Å². The molecule has 0 N–H and O–H groups in total. The first-order valence-corrected chi connectivity index (χ1v) is 4.79. The molecule has 0 saturated carbocycles. The Morgan fingerprint density at radius 3 is 2.50 bits per heavy atom. The topological polar surface area (TPSA) is 38.1 Å². The van der Waals surface area contributed by atoms with Crippen molar-refractivity contribution >= 4 is 5.91 Å². The molecular weight excluding hydrogens is 223 g/mol. The fourth-order valence-corrected chi connectivity index (χ4v) is 1.54. The van der Waals surface area contributed by atoms with Gasteiger partial charge < -0.3 is 4.90 Å². The zero-order chi connectivity index (χ0) is 11.9. The van der Waals surface area contributed by atoms with E-state index in [1.165, 1.54) is 11.9 Å². The first kappa shape index (κ1) is 11.0. The summed E-state index contributed by atoms with van der Waals surface area (Å²) in [5.74, 6) is -0.591. The van der Waals surface area contributed by atoms with Gasteiger partial charge in [0, 0.05) is 26.3 Å². The van der Waals surface area contributed by atoms with Crippen molar-refractivity contribution in [1.29, 1.82) is 0 Å². The molecule has 0 atom stereocenters. The van der Waals surface area contributed by atoms with Gasteiger partial charge in [-0.3, -0.25) is 9.48 Å². The smallest absolute Gasteiger partial charge is 0.338 e. The van der Waals surface area contributed by atoms with Crippen molar-refractivity contribution in [2.24, 2.45) is 7.05 Å². The average molecular weight is 233 g/mol. The zero-order valence-corrected chi connectivity index (χ0v) is 8.58. The van der Waals surface area contributed by atoms with E-state index in [0.717, 1.165) is 17.3 Å². The summed E-state index contributed by atoms with van der Waals surface area (Å²) in [6, 6.07) is 0. The van der Waals surface area contributed by atoms with Gasteiger partial charge in [0.25, 0.3) is 5.91 Å². The van der Waals surface area contributed by atoms with Crippen LogP contribution >= 0.6 is 0 Å². The Labute approximate surface area is 89.6 Å². The highest BCUT2D eigenvalue weighted by molar-refractivity contribution is 5.95. The van der Waals surface area contributed by atoms with E-state index in [-0.39, 0.29) is 5.56 Å².